The molecule has 0 aliphatic heterocycles. The van der Waals surface area contributed by atoms with E-state index >= 15 is 0 Å². The first-order valence-corrected chi connectivity index (χ1v) is 9.34. The van der Waals surface area contributed by atoms with E-state index in [4.69, 9.17) is 9.47 Å². The number of carbonyl (C=O) groups excluding carboxylic acids is 2. The quantitative estimate of drug-likeness (QED) is 0.534. The predicted octanol–water partition coefficient (Wildman–Crippen LogP) is 4.83. The van der Waals surface area contributed by atoms with Crippen LogP contribution in [0.3, 0.4) is 0 Å². The van der Waals surface area contributed by atoms with E-state index in [9.17, 15) is 9.59 Å². The van der Waals surface area contributed by atoms with E-state index in [1.165, 1.54) is 11.3 Å². The Balaban J connectivity index is 1.77. The van der Waals surface area contributed by atoms with E-state index in [0.29, 0.717) is 11.3 Å². The Morgan fingerprint density at radius 3 is 2.54 bits per heavy atom. The van der Waals surface area contributed by atoms with Gasteiger partial charge in [-0.25, -0.2) is 0 Å². The number of rotatable bonds is 4. The normalized spacial score (nSPS) is 20.0. The molecule has 1 saturated carbocycles. The summed E-state index contributed by atoms with van der Waals surface area (Å²) in [5.74, 6) is -0.0589. The van der Waals surface area contributed by atoms with Crippen LogP contribution in [0.15, 0.2) is 22.7 Å². The van der Waals surface area contributed by atoms with Crippen LogP contribution in [-0.4, -0.2) is 24.5 Å². The number of Topliss-reactive ketones (excluding diaryl/α,β-unsaturated/α-hetero) is 1. The summed E-state index contributed by atoms with van der Waals surface area (Å²) in [6.07, 6.45) is 0.578. The Morgan fingerprint density at radius 1 is 1.21 bits per heavy atom. The maximum absolute atomic E-state index is 12.7. The van der Waals surface area contributed by atoms with Gasteiger partial charge in [-0.1, -0.05) is 0 Å². The number of esters is 1. The second kappa shape index (κ2) is 6.15. The fraction of sp³-hybridized carbons (Fsp3) is 0.444. The second-order valence-electron chi connectivity index (χ2n) is 6.98. The summed E-state index contributed by atoms with van der Waals surface area (Å²) in [5.41, 5.74) is -0.520. The summed E-state index contributed by atoms with van der Waals surface area (Å²) in [5, 5.41) is 0.991. The molecule has 2 atom stereocenters. The van der Waals surface area contributed by atoms with Crippen molar-refractivity contribution in [1.29, 1.82) is 0 Å². The smallest absolute Gasteiger partial charge is 0.310 e. The van der Waals surface area contributed by atoms with Crippen molar-refractivity contribution in [2.24, 2.45) is 11.8 Å². The third kappa shape index (κ3) is 3.49. The first-order valence-electron chi connectivity index (χ1n) is 7.74. The Bertz CT molecular complexity index is 818. The predicted molar refractivity (Wildman–Crippen MR) is 97.8 cm³/mol. The lowest BCUT2D eigenvalue weighted by Crippen LogP contribution is -2.25. The lowest BCUT2D eigenvalue weighted by atomic mass is 10.1. The molecule has 0 spiro atoms. The van der Waals surface area contributed by atoms with Gasteiger partial charge < -0.3 is 9.47 Å². The van der Waals surface area contributed by atoms with E-state index in [-0.39, 0.29) is 23.6 Å². The van der Waals surface area contributed by atoms with Gasteiger partial charge in [-0.2, -0.15) is 0 Å². The summed E-state index contributed by atoms with van der Waals surface area (Å²) in [6, 6.07) is 5.75. The number of hydrogen-bond donors (Lipinski definition) is 0. The average molecular weight is 411 g/mol. The molecule has 1 aromatic heterocycles. The molecule has 0 saturated heterocycles. The molecule has 0 N–H and O–H groups in total. The fourth-order valence-corrected chi connectivity index (χ4v) is 4.22. The van der Waals surface area contributed by atoms with E-state index in [1.54, 1.807) is 7.11 Å². The monoisotopic (exact) mass is 410 g/mol. The third-order valence-electron chi connectivity index (χ3n) is 3.87. The van der Waals surface area contributed by atoms with Gasteiger partial charge in [-0.15, -0.1) is 11.3 Å². The number of thiophene rings is 1. The molecule has 0 radical (unpaired) electrons. The number of hydrogen-bond acceptors (Lipinski definition) is 5. The Morgan fingerprint density at radius 2 is 1.92 bits per heavy atom. The number of methoxy groups -OCH3 is 1. The van der Waals surface area contributed by atoms with Crippen LogP contribution in [0.4, 0.5) is 0 Å². The molecule has 24 heavy (non-hydrogen) atoms. The molecule has 1 fully saturated rings. The molecule has 4 nitrogen and oxygen atoms in total. The number of fused-ring (bicyclic) bond motifs is 1. The number of carbonyl (C=O) groups is 2. The van der Waals surface area contributed by atoms with Gasteiger partial charge in [0.25, 0.3) is 0 Å². The Labute approximate surface area is 153 Å². The minimum absolute atomic E-state index is 0.0298. The largest absolute Gasteiger partial charge is 0.496 e. The highest BCUT2D eigenvalue weighted by atomic mass is 79.9. The number of halogens is 1. The molecule has 1 aromatic carbocycles. The summed E-state index contributed by atoms with van der Waals surface area (Å²) in [4.78, 5) is 25.4. The molecule has 1 aliphatic rings. The highest BCUT2D eigenvalue weighted by molar-refractivity contribution is 9.10. The van der Waals surface area contributed by atoms with Crippen molar-refractivity contribution in [3.8, 4) is 5.75 Å². The minimum atomic E-state index is -0.520. The van der Waals surface area contributed by atoms with Gasteiger partial charge in [-0.3, -0.25) is 9.59 Å². The van der Waals surface area contributed by atoms with Crippen molar-refractivity contribution in [3.05, 3.63) is 27.5 Å². The molecule has 2 aromatic rings. The van der Waals surface area contributed by atoms with Crippen molar-refractivity contribution in [3.63, 3.8) is 0 Å². The van der Waals surface area contributed by atoms with Crippen LogP contribution in [0.2, 0.25) is 0 Å². The molecule has 3 rings (SSSR count). The maximum Gasteiger partial charge on any atom is 0.310 e. The summed E-state index contributed by atoms with van der Waals surface area (Å²) in [6.45, 7) is 5.50. The molecule has 1 heterocycles. The van der Waals surface area contributed by atoms with Crippen LogP contribution in [0, 0.1) is 11.8 Å². The van der Waals surface area contributed by atoms with Crippen molar-refractivity contribution in [2.45, 2.75) is 32.8 Å². The summed E-state index contributed by atoms with van der Waals surface area (Å²) in [7, 11) is 1.61. The van der Waals surface area contributed by atoms with Gasteiger partial charge >= 0.3 is 5.97 Å². The van der Waals surface area contributed by atoms with Crippen molar-refractivity contribution in [1.82, 2.24) is 0 Å². The molecule has 6 heteroatoms. The summed E-state index contributed by atoms with van der Waals surface area (Å²) >= 11 is 4.89. The Hall–Kier alpha value is -1.40. The molecular weight excluding hydrogens is 392 g/mol. The number of ketones is 1. The standard InChI is InChI=1S/C18H19BrO4S/c1-18(2,3)23-17(21)11-7-10(11)16(20)15-6-9-5-12(19)13(22-4)8-14(9)24-15/h5-6,8,10-11H,7H2,1-4H3/t10-,11+/m0/s1. The maximum atomic E-state index is 12.7. The molecule has 0 bridgehead atoms. The lowest BCUT2D eigenvalue weighted by molar-refractivity contribution is -0.156. The van der Waals surface area contributed by atoms with E-state index in [2.05, 4.69) is 15.9 Å². The van der Waals surface area contributed by atoms with Gasteiger partial charge in [0.2, 0.25) is 0 Å². The summed E-state index contributed by atoms with van der Waals surface area (Å²) < 4.78 is 12.5. The Kier molecular flexibility index (Phi) is 4.47. The van der Waals surface area contributed by atoms with Crippen LogP contribution in [0.25, 0.3) is 10.1 Å². The topological polar surface area (TPSA) is 52.6 Å². The fourth-order valence-electron chi connectivity index (χ4n) is 2.62. The zero-order valence-electron chi connectivity index (χ0n) is 14.0. The zero-order valence-corrected chi connectivity index (χ0v) is 16.4. The molecular formula is C18H19BrO4S. The molecule has 1 aliphatic carbocycles. The van der Waals surface area contributed by atoms with E-state index < -0.39 is 5.60 Å². The zero-order chi connectivity index (χ0) is 17.6. The van der Waals surface area contributed by atoms with Crippen molar-refractivity contribution < 1.29 is 19.1 Å². The second-order valence-corrected chi connectivity index (χ2v) is 8.92. The van der Waals surface area contributed by atoms with Crippen LogP contribution < -0.4 is 4.74 Å². The SMILES string of the molecule is COc1cc2sc(C(=O)[C@H]3C[C@H]3C(=O)OC(C)(C)C)cc2cc1Br. The van der Waals surface area contributed by atoms with Crippen molar-refractivity contribution >= 4 is 49.1 Å². The third-order valence-corrected chi connectivity index (χ3v) is 5.60. The first-order chi connectivity index (χ1) is 11.2. The highest BCUT2D eigenvalue weighted by Crippen LogP contribution is 2.44. The van der Waals surface area contributed by atoms with Gasteiger partial charge in [-0.05, 0) is 66.7 Å². The van der Waals surface area contributed by atoms with Crippen molar-refractivity contribution in [2.75, 3.05) is 7.11 Å². The van der Waals surface area contributed by atoms with Crippen LogP contribution in [0.5, 0.6) is 5.75 Å². The minimum Gasteiger partial charge on any atom is -0.496 e. The van der Waals surface area contributed by atoms with Gasteiger partial charge in [0.1, 0.15) is 11.4 Å². The number of ether oxygens (including phenoxy) is 2. The molecule has 0 amide bonds. The highest BCUT2D eigenvalue weighted by Gasteiger charge is 2.50. The van der Waals surface area contributed by atoms with Crippen LogP contribution in [0.1, 0.15) is 36.9 Å². The van der Waals surface area contributed by atoms with E-state index in [0.717, 1.165) is 20.3 Å². The van der Waals surface area contributed by atoms with Crippen LogP contribution in [-0.2, 0) is 9.53 Å². The van der Waals surface area contributed by atoms with Crippen LogP contribution >= 0.6 is 27.3 Å². The first kappa shape index (κ1) is 17.4. The van der Waals surface area contributed by atoms with Gasteiger partial charge in [0.05, 0.1) is 22.4 Å². The van der Waals surface area contributed by atoms with Gasteiger partial charge in [0.15, 0.2) is 5.78 Å². The number of benzene rings is 1. The molecule has 128 valence electrons. The lowest BCUT2D eigenvalue weighted by Gasteiger charge is -2.19. The average Bonchev–Trinajstić information content (AvgIpc) is 3.18. The van der Waals surface area contributed by atoms with Gasteiger partial charge in [0, 0.05) is 10.6 Å². The van der Waals surface area contributed by atoms with E-state index in [1.807, 2.05) is 39.0 Å². The molecule has 0 unspecified atom stereocenters.